The average molecular weight is 327 g/mol. The van der Waals surface area contributed by atoms with Gasteiger partial charge in [-0.3, -0.25) is 0 Å². The van der Waals surface area contributed by atoms with E-state index in [4.69, 9.17) is 0 Å². The molecule has 0 bridgehead atoms. The highest BCUT2D eigenvalue weighted by Gasteiger charge is 2.31. The summed E-state index contributed by atoms with van der Waals surface area (Å²) in [5, 5.41) is 11.1. The average Bonchev–Trinajstić information content (AvgIpc) is 2.54. The van der Waals surface area contributed by atoms with Crippen LogP contribution in [0.5, 0.6) is 0 Å². The van der Waals surface area contributed by atoms with Crippen molar-refractivity contribution in [3.63, 3.8) is 0 Å². The molecule has 0 heterocycles. The lowest BCUT2D eigenvalue weighted by Gasteiger charge is -2.34. The Morgan fingerprint density at radius 1 is 0.609 bits per heavy atom. The van der Waals surface area contributed by atoms with E-state index < -0.39 is 5.60 Å². The van der Waals surface area contributed by atoms with Crippen LogP contribution in [0.25, 0.3) is 0 Å². The lowest BCUT2D eigenvalue weighted by atomic mass is 9.78. The second-order valence-corrected chi connectivity index (χ2v) is 7.83. The summed E-state index contributed by atoms with van der Waals surface area (Å²) in [6.45, 7) is 9.04. The van der Waals surface area contributed by atoms with Crippen molar-refractivity contribution in [1.82, 2.24) is 0 Å². The van der Waals surface area contributed by atoms with Gasteiger partial charge in [0.2, 0.25) is 0 Å². The van der Waals surface area contributed by atoms with E-state index in [2.05, 4.69) is 27.7 Å². The Hall–Kier alpha value is -0.0400. The molecule has 0 fully saturated rings. The summed E-state index contributed by atoms with van der Waals surface area (Å²) in [6.07, 6.45) is 20.4. The zero-order chi connectivity index (χ0) is 17.4. The Kier molecular flexibility index (Phi) is 15.5. The maximum atomic E-state index is 11.1. The van der Waals surface area contributed by atoms with Crippen LogP contribution in [0.1, 0.15) is 130 Å². The molecule has 0 aromatic carbocycles. The topological polar surface area (TPSA) is 20.2 Å². The standard InChI is InChI=1S/C22H46O/c1-5-8-10-12-14-16-18-21(4)22(23,19-7-3)20-17-15-13-11-9-6-2/h21,23H,5-20H2,1-4H3. The van der Waals surface area contributed by atoms with Gasteiger partial charge in [-0.15, -0.1) is 0 Å². The zero-order valence-corrected chi connectivity index (χ0v) is 16.8. The first-order valence-electron chi connectivity index (χ1n) is 10.8. The summed E-state index contributed by atoms with van der Waals surface area (Å²) in [7, 11) is 0. The maximum absolute atomic E-state index is 11.1. The summed E-state index contributed by atoms with van der Waals surface area (Å²) in [5.74, 6) is 0.462. The first-order chi connectivity index (χ1) is 11.1. The van der Waals surface area contributed by atoms with Gasteiger partial charge in [0.05, 0.1) is 5.60 Å². The fourth-order valence-corrected chi connectivity index (χ4v) is 3.76. The third kappa shape index (κ3) is 12.0. The first-order valence-corrected chi connectivity index (χ1v) is 10.8. The van der Waals surface area contributed by atoms with Gasteiger partial charge in [0.25, 0.3) is 0 Å². The summed E-state index contributed by atoms with van der Waals surface area (Å²) in [6, 6.07) is 0. The van der Waals surface area contributed by atoms with Crippen molar-refractivity contribution in [2.45, 2.75) is 136 Å². The molecule has 0 amide bonds. The fourth-order valence-electron chi connectivity index (χ4n) is 3.76. The molecule has 1 heteroatoms. The van der Waals surface area contributed by atoms with E-state index in [1.807, 2.05) is 0 Å². The molecule has 0 aliphatic heterocycles. The maximum Gasteiger partial charge on any atom is 0.0673 e. The van der Waals surface area contributed by atoms with Crippen LogP contribution in [-0.4, -0.2) is 10.7 Å². The van der Waals surface area contributed by atoms with E-state index in [0.29, 0.717) is 5.92 Å². The molecule has 0 saturated carbocycles. The van der Waals surface area contributed by atoms with Crippen molar-refractivity contribution >= 4 is 0 Å². The normalized spacial score (nSPS) is 15.5. The Morgan fingerprint density at radius 2 is 1.09 bits per heavy atom. The quantitative estimate of drug-likeness (QED) is 0.272. The van der Waals surface area contributed by atoms with Crippen LogP contribution in [-0.2, 0) is 0 Å². The first kappa shape index (κ1) is 23.0. The number of aliphatic hydroxyl groups is 1. The molecule has 2 unspecified atom stereocenters. The van der Waals surface area contributed by atoms with Crippen LogP contribution in [0, 0.1) is 5.92 Å². The largest absolute Gasteiger partial charge is 0.390 e. The number of unbranched alkanes of at least 4 members (excludes halogenated alkanes) is 10. The smallest absolute Gasteiger partial charge is 0.0673 e. The monoisotopic (exact) mass is 326 g/mol. The molecule has 1 nitrogen and oxygen atoms in total. The predicted octanol–water partition coefficient (Wildman–Crippen LogP) is 7.65. The van der Waals surface area contributed by atoms with Crippen LogP contribution in [0.15, 0.2) is 0 Å². The minimum Gasteiger partial charge on any atom is -0.390 e. The van der Waals surface area contributed by atoms with Crippen LogP contribution >= 0.6 is 0 Å². The van der Waals surface area contributed by atoms with E-state index in [1.165, 1.54) is 83.5 Å². The number of rotatable bonds is 17. The molecule has 0 aromatic heterocycles. The van der Waals surface area contributed by atoms with Crippen molar-refractivity contribution < 1.29 is 5.11 Å². The number of hydrogen-bond donors (Lipinski definition) is 1. The Morgan fingerprint density at radius 3 is 1.61 bits per heavy atom. The predicted molar refractivity (Wildman–Crippen MR) is 105 cm³/mol. The van der Waals surface area contributed by atoms with Gasteiger partial charge in [-0.25, -0.2) is 0 Å². The molecule has 0 aromatic rings. The van der Waals surface area contributed by atoms with E-state index in [9.17, 15) is 5.11 Å². The second kappa shape index (κ2) is 15.5. The van der Waals surface area contributed by atoms with Gasteiger partial charge in [0.15, 0.2) is 0 Å². The molecule has 0 radical (unpaired) electrons. The van der Waals surface area contributed by atoms with E-state index in [0.717, 1.165) is 19.3 Å². The third-order valence-corrected chi connectivity index (χ3v) is 5.55. The second-order valence-electron chi connectivity index (χ2n) is 7.83. The molecule has 2 atom stereocenters. The van der Waals surface area contributed by atoms with Gasteiger partial charge in [-0.2, -0.15) is 0 Å². The molecule has 0 aliphatic rings. The van der Waals surface area contributed by atoms with Crippen molar-refractivity contribution in [3.05, 3.63) is 0 Å². The van der Waals surface area contributed by atoms with Crippen LogP contribution in [0.4, 0.5) is 0 Å². The van der Waals surface area contributed by atoms with Crippen molar-refractivity contribution in [2.24, 2.45) is 5.92 Å². The third-order valence-electron chi connectivity index (χ3n) is 5.55. The number of hydrogen-bond acceptors (Lipinski definition) is 1. The lowest BCUT2D eigenvalue weighted by Crippen LogP contribution is -2.36. The molecule has 0 rings (SSSR count). The van der Waals surface area contributed by atoms with Crippen LogP contribution in [0.3, 0.4) is 0 Å². The summed E-state index contributed by atoms with van der Waals surface area (Å²) in [4.78, 5) is 0. The highest BCUT2D eigenvalue weighted by atomic mass is 16.3. The Bertz CT molecular complexity index is 238. The van der Waals surface area contributed by atoms with E-state index in [-0.39, 0.29) is 0 Å². The highest BCUT2D eigenvalue weighted by molar-refractivity contribution is 4.83. The van der Waals surface area contributed by atoms with Crippen molar-refractivity contribution in [1.29, 1.82) is 0 Å². The van der Waals surface area contributed by atoms with Gasteiger partial charge in [-0.05, 0) is 25.2 Å². The van der Waals surface area contributed by atoms with Gasteiger partial charge >= 0.3 is 0 Å². The Balaban J connectivity index is 3.97. The SMILES string of the molecule is CCCCCCCCC(C)C(O)(CCC)CCCCCCCC. The molecular weight excluding hydrogens is 280 g/mol. The van der Waals surface area contributed by atoms with Crippen molar-refractivity contribution in [2.75, 3.05) is 0 Å². The summed E-state index contributed by atoms with van der Waals surface area (Å²) in [5.41, 5.74) is -0.400. The fraction of sp³-hybridized carbons (Fsp3) is 1.00. The van der Waals surface area contributed by atoms with E-state index in [1.54, 1.807) is 0 Å². The van der Waals surface area contributed by atoms with Crippen LogP contribution < -0.4 is 0 Å². The summed E-state index contributed by atoms with van der Waals surface area (Å²) >= 11 is 0. The highest BCUT2D eigenvalue weighted by Crippen LogP contribution is 2.32. The van der Waals surface area contributed by atoms with E-state index >= 15 is 0 Å². The molecule has 1 N–H and O–H groups in total. The Labute approximate surface area is 147 Å². The van der Waals surface area contributed by atoms with Gasteiger partial charge in [-0.1, -0.05) is 111 Å². The van der Waals surface area contributed by atoms with Crippen molar-refractivity contribution in [3.8, 4) is 0 Å². The molecular formula is C22H46O. The zero-order valence-electron chi connectivity index (χ0n) is 16.8. The molecule has 0 spiro atoms. The molecule has 0 aliphatic carbocycles. The van der Waals surface area contributed by atoms with Gasteiger partial charge < -0.3 is 5.11 Å². The van der Waals surface area contributed by atoms with Gasteiger partial charge in [0, 0.05) is 0 Å². The molecule has 0 saturated heterocycles. The lowest BCUT2D eigenvalue weighted by molar-refractivity contribution is -0.0336. The minimum atomic E-state index is -0.400. The molecule has 23 heavy (non-hydrogen) atoms. The summed E-state index contributed by atoms with van der Waals surface area (Å²) < 4.78 is 0. The van der Waals surface area contributed by atoms with Crippen LogP contribution in [0.2, 0.25) is 0 Å². The minimum absolute atomic E-state index is 0.400. The molecule has 140 valence electrons. The van der Waals surface area contributed by atoms with Gasteiger partial charge in [0.1, 0.15) is 0 Å².